The minimum absolute atomic E-state index is 0.456. The molecule has 0 aliphatic heterocycles. The van der Waals surface area contributed by atoms with Crippen molar-refractivity contribution in [2.75, 3.05) is 20.3 Å². The minimum Gasteiger partial charge on any atom is -0.493 e. The Balaban J connectivity index is 1.91. The molecule has 0 amide bonds. The first-order valence-electron chi connectivity index (χ1n) is 7.35. The van der Waals surface area contributed by atoms with Crippen molar-refractivity contribution < 1.29 is 14.8 Å². The maximum atomic E-state index is 8.55. The van der Waals surface area contributed by atoms with Crippen molar-refractivity contribution >= 4 is 0 Å². The second kappa shape index (κ2) is 8.71. The van der Waals surface area contributed by atoms with Gasteiger partial charge in [0.1, 0.15) is 12.6 Å². The van der Waals surface area contributed by atoms with Crippen molar-refractivity contribution in [1.29, 1.82) is 5.26 Å². The van der Waals surface area contributed by atoms with E-state index in [9.17, 15) is 0 Å². The third-order valence-corrected chi connectivity index (χ3v) is 3.33. The zero-order chi connectivity index (χ0) is 15.6. The van der Waals surface area contributed by atoms with Gasteiger partial charge in [-0.3, -0.25) is 0 Å². The second-order valence-corrected chi connectivity index (χ2v) is 4.92. The number of hydrogen-bond acceptors (Lipinski definition) is 3. The zero-order valence-corrected chi connectivity index (χ0v) is 12.8. The van der Waals surface area contributed by atoms with E-state index in [1.807, 2.05) is 41.7 Å². The van der Waals surface area contributed by atoms with Gasteiger partial charge in [-0.05, 0) is 23.8 Å². The Morgan fingerprint density at radius 3 is 2.59 bits per heavy atom. The summed E-state index contributed by atoms with van der Waals surface area (Å²) in [6.45, 7) is 1.83. The number of nitrogens with two attached hydrogens (primary N) is 1. The maximum Gasteiger partial charge on any atom is 0.163 e. The van der Waals surface area contributed by atoms with Crippen molar-refractivity contribution in [3.8, 4) is 17.6 Å². The molecule has 0 bridgehead atoms. The Morgan fingerprint density at radius 2 is 1.86 bits per heavy atom. The molecule has 0 spiro atoms. The van der Waals surface area contributed by atoms with Gasteiger partial charge in [-0.25, -0.2) is 0 Å². The fourth-order valence-corrected chi connectivity index (χ4v) is 2.19. The van der Waals surface area contributed by atoms with Crippen LogP contribution in [0, 0.1) is 11.3 Å². The summed E-state index contributed by atoms with van der Waals surface area (Å²) in [7, 11) is 1.64. The summed E-state index contributed by atoms with van der Waals surface area (Å²) in [6.07, 6.45) is 0.863. The van der Waals surface area contributed by atoms with Crippen molar-refractivity contribution in [2.24, 2.45) is 0 Å². The lowest BCUT2D eigenvalue weighted by Crippen LogP contribution is -2.82. The molecular formula is C18H21N2O2+. The standard InChI is InChI=1S/C18H20N2O2/c1-21-18-13-16(14-20-11-10-19)7-8-17(18)22-12-9-15-5-3-2-4-6-15/h2-8,13,20H,9,11-12,14H2,1H3/p+1. The molecular weight excluding hydrogens is 276 g/mol. The van der Waals surface area contributed by atoms with E-state index in [4.69, 9.17) is 14.7 Å². The van der Waals surface area contributed by atoms with Gasteiger partial charge >= 0.3 is 0 Å². The van der Waals surface area contributed by atoms with Crippen molar-refractivity contribution in [3.63, 3.8) is 0 Å². The van der Waals surface area contributed by atoms with Gasteiger partial charge in [-0.15, -0.1) is 0 Å². The summed E-state index contributed by atoms with van der Waals surface area (Å²) >= 11 is 0. The van der Waals surface area contributed by atoms with Gasteiger partial charge in [-0.1, -0.05) is 30.3 Å². The molecule has 0 saturated carbocycles. The lowest BCUT2D eigenvalue weighted by atomic mass is 10.1. The summed E-state index contributed by atoms with van der Waals surface area (Å²) in [5.41, 5.74) is 2.37. The third-order valence-electron chi connectivity index (χ3n) is 3.33. The predicted octanol–water partition coefficient (Wildman–Crippen LogP) is 1.90. The molecule has 0 aromatic heterocycles. The lowest BCUT2D eigenvalue weighted by molar-refractivity contribution is -0.660. The van der Waals surface area contributed by atoms with E-state index in [0.29, 0.717) is 13.2 Å². The number of nitrogens with zero attached hydrogens (tertiary/aromatic N) is 1. The van der Waals surface area contributed by atoms with E-state index in [0.717, 1.165) is 30.0 Å². The van der Waals surface area contributed by atoms with Crippen LogP contribution in [-0.2, 0) is 13.0 Å². The Morgan fingerprint density at radius 1 is 1.05 bits per heavy atom. The fraction of sp³-hybridized carbons (Fsp3) is 0.278. The predicted molar refractivity (Wildman–Crippen MR) is 84.7 cm³/mol. The zero-order valence-electron chi connectivity index (χ0n) is 12.8. The molecule has 22 heavy (non-hydrogen) atoms. The van der Waals surface area contributed by atoms with Crippen LogP contribution in [-0.4, -0.2) is 20.3 Å². The first-order chi connectivity index (χ1) is 10.8. The molecule has 0 unspecified atom stereocenters. The summed E-state index contributed by atoms with van der Waals surface area (Å²) in [4.78, 5) is 0. The summed E-state index contributed by atoms with van der Waals surface area (Å²) < 4.78 is 11.2. The monoisotopic (exact) mass is 297 g/mol. The van der Waals surface area contributed by atoms with Gasteiger partial charge in [0.25, 0.3) is 0 Å². The first kappa shape index (κ1) is 15.9. The third kappa shape index (κ3) is 4.80. The highest BCUT2D eigenvalue weighted by atomic mass is 16.5. The van der Waals surface area contributed by atoms with Crippen LogP contribution in [0.4, 0.5) is 0 Å². The summed E-state index contributed by atoms with van der Waals surface area (Å²) in [5, 5.41) is 10.5. The van der Waals surface area contributed by atoms with Gasteiger partial charge < -0.3 is 14.8 Å². The van der Waals surface area contributed by atoms with Gasteiger partial charge in [0.15, 0.2) is 18.0 Å². The molecule has 0 aliphatic carbocycles. The molecule has 114 valence electrons. The van der Waals surface area contributed by atoms with Crippen LogP contribution in [0.1, 0.15) is 11.1 Å². The van der Waals surface area contributed by atoms with E-state index in [1.165, 1.54) is 5.56 Å². The van der Waals surface area contributed by atoms with Crippen molar-refractivity contribution in [1.82, 2.24) is 0 Å². The Hall–Kier alpha value is -2.51. The highest BCUT2D eigenvalue weighted by molar-refractivity contribution is 5.42. The quantitative estimate of drug-likeness (QED) is 0.598. The van der Waals surface area contributed by atoms with Crippen LogP contribution in [0.5, 0.6) is 11.5 Å². The number of nitriles is 1. The average Bonchev–Trinajstić information content (AvgIpc) is 2.57. The van der Waals surface area contributed by atoms with Gasteiger partial charge in [0.2, 0.25) is 0 Å². The highest BCUT2D eigenvalue weighted by Crippen LogP contribution is 2.27. The molecule has 0 radical (unpaired) electrons. The summed E-state index contributed by atoms with van der Waals surface area (Å²) in [5.74, 6) is 1.48. The number of methoxy groups -OCH3 is 1. The van der Waals surface area contributed by atoms with Crippen LogP contribution in [0.25, 0.3) is 0 Å². The van der Waals surface area contributed by atoms with Gasteiger partial charge in [0, 0.05) is 12.0 Å². The minimum atomic E-state index is 0.456. The average molecular weight is 297 g/mol. The first-order valence-corrected chi connectivity index (χ1v) is 7.35. The molecule has 0 saturated heterocycles. The van der Waals surface area contributed by atoms with E-state index in [1.54, 1.807) is 7.11 Å². The molecule has 4 heteroatoms. The number of hydrogen-bond donors (Lipinski definition) is 1. The van der Waals surface area contributed by atoms with Crippen LogP contribution in [0.2, 0.25) is 0 Å². The second-order valence-electron chi connectivity index (χ2n) is 4.92. The largest absolute Gasteiger partial charge is 0.493 e. The van der Waals surface area contributed by atoms with Crippen molar-refractivity contribution in [3.05, 3.63) is 59.7 Å². The molecule has 2 aromatic carbocycles. The highest BCUT2D eigenvalue weighted by Gasteiger charge is 2.07. The Kier molecular flexibility index (Phi) is 6.28. The van der Waals surface area contributed by atoms with E-state index < -0.39 is 0 Å². The van der Waals surface area contributed by atoms with E-state index in [-0.39, 0.29) is 0 Å². The Bertz CT molecular complexity index is 621. The molecule has 0 atom stereocenters. The molecule has 0 fully saturated rings. The normalized spacial score (nSPS) is 10.0. The number of ether oxygens (including phenoxy) is 2. The van der Waals surface area contributed by atoms with Crippen LogP contribution in [0.15, 0.2) is 48.5 Å². The number of rotatable bonds is 8. The number of quaternary nitrogens is 1. The number of benzene rings is 2. The lowest BCUT2D eigenvalue weighted by Gasteiger charge is -2.12. The topological polar surface area (TPSA) is 58.9 Å². The van der Waals surface area contributed by atoms with Crippen LogP contribution < -0.4 is 14.8 Å². The van der Waals surface area contributed by atoms with Crippen LogP contribution in [0.3, 0.4) is 0 Å². The SMILES string of the molecule is COc1cc(C[NH2+]CC#N)ccc1OCCc1ccccc1. The molecule has 2 rings (SSSR count). The molecule has 0 aliphatic rings. The fourth-order valence-electron chi connectivity index (χ4n) is 2.19. The van der Waals surface area contributed by atoms with Gasteiger partial charge in [-0.2, -0.15) is 5.26 Å². The van der Waals surface area contributed by atoms with Crippen molar-refractivity contribution in [2.45, 2.75) is 13.0 Å². The molecule has 0 heterocycles. The Labute approximate surface area is 131 Å². The molecule has 2 aromatic rings. The maximum absolute atomic E-state index is 8.55. The van der Waals surface area contributed by atoms with E-state index in [2.05, 4.69) is 18.2 Å². The molecule has 2 N–H and O–H groups in total. The van der Waals surface area contributed by atoms with Crippen LogP contribution >= 0.6 is 0 Å². The summed E-state index contributed by atoms with van der Waals surface area (Å²) in [6, 6.07) is 18.3. The van der Waals surface area contributed by atoms with E-state index >= 15 is 0 Å². The smallest absolute Gasteiger partial charge is 0.163 e. The van der Waals surface area contributed by atoms with Gasteiger partial charge in [0.05, 0.1) is 13.7 Å². The molecule has 4 nitrogen and oxygen atoms in total.